The number of halogens is 4. The summed E-state index contributed by atoms with van der Waals surface area (Å²) in [4.78, 5) is 11.3. The Hall–Kier alpha value is -0.680. The van der Waals surface area contributed by atoms with Crippen molar-refractivity contribution < 1.29 is 18.0 Å². The van der Waals surface area contributed by atoms with Gasteiger partial charge in [-0.2, -0.15) is 13.2 Å². The minimum Gasteiger partial charge on any atom is -0.298 e. The van der Waals surface area contributed by atoms with E-state index in [1.54, 1.807) is 0 Å². The summed E-state index contributed by atoms with van der Waals surface area (Å²) in [6.45, 7) is 1.21. The Morgan fingerprint density at radius 1 is 1.44 bits per heavy atom. The predicted molar refractivity (Wildman–Crippen MR) is 58.0 cm³/mol. The molecular weight excluding hydrogens is 261 g/mol. The van der Waals surface area contributed by atoms with Crippen molar-refractivity contribution in [3.8, 4) is 0 Å². The first kappa shape index (κ1) is 13.4. The van der Waals surface area contributed by atoms with E-state index in [9.17, 15) is 18.0 Å². The molecule has 0 radical (unpaired) electrons. The molecule has 0 heterocycles. The van der Waals surface area contributed by atoms with Gasteiger partial charge in [-0.3, -0.25) is 4.79 Å². The number of hydrogen-bond donors (Lipinski definition) is 1. The van der Waals surface area contributed by atoms with Gasteiger partial charge in [0.25, 0.3) is 0 Å². The van der Waals surface area contributed by atoms with Gasteiger partial charge in [-0.05, 0) is 30.7 Å². The van der Waals surface area contributed by atoms with Crippen LogP contribution in [0.4, 0.5) is 13.2 Å². The molecule has 88 valence electrons. The van der Waals surface area contributed by atoms with Gasteiger partial charge in [0.2, 0.25) is 0 Å². The Labute approximate surface area is 101 Å². The van der Waals surface area contributed by atoms with Crippen LogP contribution in [-0.2, 0) is 11.0 Å². The zero-order valence-corrected chi connectivity index (χ0v) is 9.83. The van der Waals surface area contributed by atoms with Crippen LogP contribution in [0.3, 0.4) is 0 Å². The molecule has 0 saturated heterocycles. The zero-order chi connectivity index (χ0) is 12.5. The molecule has 1 rings (SSSR count). The second-order valence-corrected chi connectivity index (χ2v) is 4.16. The molecule has 0 aliphatic heterocycles. The van der Waals surface area contributed by atoms with E-state index in [1.807, 2.05) is 0 Å². The van der Waals surface area contributed by atoms with Crippen molar-refractivity contribution in [2.45, 2.75) is 23.4 Å². The highest BCUT2D eigenvalue weighted by Crippen LogP contribution is 2.35. The Balaban J connectivity index is 3.24. The zero-order valence-electron chi connectivity index (χ0n) is 8.18. The molecule has 1 nitrogen and oxygen atoms in total. The van der Waals surface area contributed by atoms with E-state index in [-0.39, 0.29) is 10.5 Å². The normalized spacial score (nSPS) is 13.6. The Bertz CT molecular complexity index is 417. The van der Waals surface area contributed by atoms with E-state index in [0.29, 0.717) is 0 Å². The molecule has 0 aromatic heterocycles. The number of ketones is 1. The van der Waals surface area contributed by atoms with Crippen LogP contribution in [0.1, 0.15) is 23.4 Å². The topological polar surface area (TPSA) is 17.1 Å². The molecule has 0 spiro atoms. The fraction of sp³-hybridized carbons (Fsp3) is 0.300. The van der Waals surface area contributed by atoms with Crippen LogP contribution in [-0.4, -0.2) is 5.78 Å². The van der Waals surface area contributed by atoms with Gasteiger partial charge in [-0.1, -0.05) is 0 Å². The van der Waals surface area contributed by atoms with Crippen LogP contribution < -0.4 is 0 Å². The fourth-order valence-corrected chi connectivity index (χ4v) is 1.68. The minimum atomic E-state index is -4.45. The molecule has 0 N–H and O–H groups in total. The second kappa shape index (κ2) is 4.67. The molecule has 0 fully saturated rings. The van der Waals surface area contributed by atoms with Gasteiger partial charge < -0.3 is 0 Å². The van der Waals surface area contributed by atoms with Crippen molar-refractivity contribution >= 4 is 30.0 Å². The molecule has 0 bridgehead atoms. The SMILES string of the molecule is CC(=O)C(Cl)c1cc(C(F)(F)F)ccc1S. The highest BCUT2D eigenvalue weighted by atomic mass is 35.5. The first-order valence-electron chi connectivity index (χ1n) is 4.28. The van der Waals surface area contributed by atoms with Gasteiger partial charge in [-0.25, -0.2) is 0 Å². The van der Waals surface area contributed by atoms with E-state index in [0.717, 1.165) is 12.1 Å². The summed E-state index contributed by atoms with van der Waals surface area (Å²) in [5.41, 5.74) is -0.764. The number of thiol groups is 1. The van der Waals surface area contributed by atoms with E-state index in [4.69, 9.17) is 11.6 Å². The minimum absolute atomic E-state index is 0.0762. The Kier molecular flexibility index (Phi) is 3.91. The summed E-state index contributed by atoms with van der Waals surface area (Å²) in [7, 11) is 0. The molecular formula is C10H8ClF3OS. The molecule has 0 aliphatic rings. The maximum atomic E-state index is 12.4. The van der Waals surface area contributed by atoms with Crippen molar-refractivity contribution in [3.05, 3.63) is 29.3 Å². The maximum Gasteiger partial charge on any atom is 0.416 e. The van der Waals surface area contributed by atoms with Crippen LogP contribution in [0.15, 0.2) is 23.1 Å². The van der Waals surface area contributed by atoms with Gasteiger partial charge in [0.15, 0.2) is 5.78 Å². The van der Waals surface area contributed by atoms with Crippen molar-refractivity contribution in [1.82, 2.24) is 0 Å². The molecule has 0 aliphatic carbocycles. The van der Waals surface area contributed by atoms with Gasteiger partial charge in [0.1, 0.15) is 5.38 Å². The number of benzene rings is 1. The van der Waals surface area contributed by atoms with Crippen LogP contribution in [0.5, 0.6) is 0 Å². The van der Waals surface area contributed by atoms with Gasteiger partial charge in [0, 0.05) is 4.90 Å². The van der Waals surface area contributed by atoms with E-state index >= 15 is 0 Å². The third kappa shape index (κ3) is 2.92. The van der Waals surface area contributed by atoms with Gasteiger partial charge in [-0.15, -0.1) is 24.2 Å². The molecule has 6 heteroatoms. The number of hydrogen-bond acceptors (Lipinski definition) is 2. The van der Waals surface area contributed by atoms with E-state index in [1.165, 1.54) is 13.0 Å². The average molecular weight is 269 g/mol. The molecule has 1 unspecified atom stereocenters. The fourth-order valence-electron chi connectivity index (χ4n) is 1.15. The van der Waals surface area contributed by atoms with Crippen LogP contribution in [0.25, 0.3) is 0 Å². The summed E-state index contributed by atoms with van der Waals surface area (Å²) in [5, 5.41) is -1.10. The summed E-state index contributed by atoms with van der Waals surface area (Å²) < 4.78 is 37.2. The standard InChI is InChI=1S/C10H8ClF3OS/c1-5(15)9(11)7-4-6(10(12,13)14)2-3-8(7)16/h2-4,9,16H,1H3. The van der Waals surface area contributed by atoms with Gasteiger partial charge >= 0.3 is 6.18 Å². The second-order valence-electron chi connectivity index (χ2n) is 3.24. The number of carbonyl (C=O) groups is 1. The van der Waals surface area contributed by atoms with Crippen LogP contribution >= 0.6 is 24.2 Å². The largest absolute Gasteiger partial charge is 0.416 e. The quantitative estimate of drug-likeness (QED) is 0.637. The lowest BCUT2D eigenvalue weighted by molar-refractivity contribution is -0.137. The van der Waals surface area contributed by atoms with Crippen molar-refractivity contribution in [2.24, 2.45) is 0 Å². The van der Waals surface area contributed by atoms with Crippen LogP contribution in [0.2, 0.25) is 0 Å². The summed E-state index contributed by atoms with van der Waals surface area (Å²) in [6, 6.07) is 2.93. The molecule has 0 amide bonds. The van der Waals surface area contributed by atoms with Gasteiger partial charge in [0.05, 0.1) is 5.56 Å². The van der Waals surface area contributed by atoms with Crippen molar-refractivity contribution in [1.29, 1.82) is 0 Å². The first-order valence-corrected chi connectivity index (χ1v) is 5.16. The highest BCUT2D eigenvalue weighted by molar-refractivity contribution is 7.80. The van der Waals surface area contributed by atoms with Crippen LogP contribution in [0, 0.1) is 0 Å². The number of Topliss-reactive ketones (excluding diaryl/α,β-unsaturated/α-hetero) is 1. The third-order valence-electron chi connectivity index (χ3n) is 1.98. The highest BCUT2D eigenvalue weighted by Gasteiger charge is 2.31. The third-order valence-corrected chi connectivity index (χ3v) is 2.93. The monoisotopic (exact) mass is 268 g/mol. The van der Waals surface area contributed by atoms with E-state index in [2.05, 4.69) is 12.6 Å². The lowest BCUT2D eigenvalue weighted by atomic mass is 10.1. The summed E-state index contributed by atoms with van der Waals surface area (Å²) in [5.74, 6) is -0.420. The summed E-state index contributed by atoms with van der Waals surface area (Å²) >= 11 is 9.67. The smallest absolute Gasteiger partial charge is 0.298 e. The first-order chi connectivity index (χ1) is 7.23. The molecule has 1 atom stereocenters. The molecule has 16 heavy (non-hydrogen) atoms. The molecule has 0 saturated carbocycles. The molecule has 1 aromatic carbocycles. The van der Waals surface area contributed by atoms with Crippen molar-refractivity contribution in [3.63, 3.8) is 0 Å². The lowest BCUT2D eigenvalue weighted by Gasteiger charge is -2.13. The number of alkyl halides is 4. The summed E-state index contributed by atoms with van der Waals surface area (Å²) in [6.07, 6.45) is -4.45. The Morgan fingerprint density at radius 3 is 2.44 bits per heavy atom. The lowest BCUT2D eigenvalue weighted by Crippen LogP contribution is -2.08. The average Bonchev–Trinajstić information content (AvgIpc) is 2.15. The number of carbonyl (C=O) groups excluding carboxylic acids is 1. The molecule has 1 aromatic rings. The Morgan fingerprint density at radius 2 is 2.00 bits per heavy atom. The maximum absolute atomic E-state index is 12.4. The number of rotatable bonds is 2. The van der Waals surface area contributed by atoms with Crippen molar-refractivity contribution in [2.75, 3.05) is 0 Å². The predicted octanol–water partition coefficient (Wildman–Crippen LogP) is 3.86. The van der Waals surface area contributed by atoms with E-state index < -0.39 is 22.9 Å².